The van der Waals surface area contributed by atoms with Gasteiger partial charge in [0.1, 0.15) is 13.1 Å². The Balaban J connectivity index is 2.63. The van der Waals surface area contributed by atoms with Crippen molar-refractivity contribution in [3.63, 3.8) is 0 Å². The van der Waals surface area contributed by atoms with Gasteiger partial charge < -0.3 is 0 Å². The van der Waals surface area contributed by atoms with Crippen LogP contribution in [0.15, 0.2) is 49.1 Å². The van der Waals surface area contributed by atoms with E-state index in [0.29, 0.717) is 6.92 Å². The number of halogens is 6. The molecular formula is C17H17F6N4O+. The van der Waals surface area contributed by atoms with Crippen molar-refractivity contribution in [1.29, 1.82) is 0 Å². The summed E-state index contributed by atoms with van der Waals surface area (Å²) in [5.41, 5.74) is -4.23. The number of carbonyl (C=O) groups excluding carboxylic acids is 1. The van der Waals surface area contributed by atoms with Crippen LogP contribution >= 0.6 is 0 Å². The molecule has 0 bridgehead atoms. The van der Waals surface area contributed by atoms with Crippen LogP contribution in [0.25, 0.3) is 0 Å². The lowest BCUT2D eigenvalue weighted by Crippen LogP contribution is -3.25. The maximum atomic E-state index is 13.9. The lowest BCUT2D eigenvalue weighted by Gasteiger charge is -2.42. The zero-order valence-electron chi connectivity index (χ0n) is 14.6. The summed E-state index contributed by atoms with van der Waals surface area (Å²) in [5.74, 6) is -1.45. The molecule has 0 atom stereocenters. The number of hydrogen-bond acceptors (Lipinski definition) is 3. The third-order valence-corrected chi connectivity index (χ3v) is 4.02. The van der Waals surface area contributed by atoms with E-state index in [2.05, 4.69) is 9.97 Å². The first-order valence-electron chi connectivity index (χ1n) is 8.02. The summed E-state index contributed by atoms with van der Waals surface area (Å²) in [4.78, 5) is 17.9. The van der Waals surface area contributed by atoms with Gasteiger partial charge in [-0.25, -0.2) is 0 Å². The second kappa shape index (κ2) is 8.13. The first-order valence-corrected chi connectivity index (χ1v) is 8.02. The fraction of sp³-hybridized carbons (Fsp3) is 0.353. The number of nitrogens with zero attached hydrogens (tertiary/aromatic N) is 2. The van der Waals surface area contributed by atoms with E-state index in [1.807, 2.05) is 0 Å². The summed E-state index contributed by atoms with van der Waals surface area (Å²) in [6, 6.07) is 5.53. The summed E-state index contributed by atoms with van der Waals surface area (Å²) in [6.45, 7) is -0.776. The van der Waals surface area contributed by atoms with Gasteiger partial charge in [0, 0.05) is 42.8 Å². The number of quaternary nitrogens is 1. The third-order valence-electron chi connectivity index (χ3n) is 4.02. The second-order valence-corrected chi connectivity index (χ2v) is 6.11. The lowest BCUT2D eigenvalue weighted by molar-refractivity contribution is -1.01. The minimum atomic E-state index is -5.82. The Bertz CT molecular complexity index is 724. The summed E-state index contributed by atoms with van der Waals surface area (Å²) < 4.78 is 83.4. The molecule has 2 aromatic rings. The molecule has 0 spiro atoms. The van der Waals surface area contributed by atoms with E-state index in [9.17, 15) is 31.1 Å². The fourth-order valence-electron chi connectivity index (χ4n) is 2.88. The van der Waals surface area contributed by atoms with E-state index in [1.54, 1.807) is 0 Å². The van der Waals surface area contributed by atoms with Crippen LogP contribution in [0.2, 0.25) is 0 Å². The van der Waals surface area contributed by atoms with Crippen LogP contribution in [-0.4, -0.2) is 33.9 Å². The highest BCUT2D eigenvalue weighted by molar-refractivity contribution is 5.73. The van der Waals surface area contributed by atoms with E-state index >= 15 is 0 Å². The van der Waals surface area contributed by atoms with Crippen LogP contribution in [0, 0.1) is 0 Å². The van der Waals surface area contributed by atoms with Crippen molar-refractivity contribution in [3.8, 4) is 0 Å². The Morgan fingerprint density at radius 3 is 1.64 bits per heavy atom. The smallest absolute Gasteiger partial charge is 0.290 e. The molecule has 0 aliphatic carbocycles. The predicted octanol–water partition coefficient (Wildman–Crippen LogP) is 2.02. The van der Waals surface area contributed by atoms with E-state index < -0.39 is 41.9 Å². The van der Waals surface area contributed by atoms with Crippen LogP contribution in [0.5, 0.6) is 0 Å². The van der Waals surface area contributed by atoms with Crippen molar-refractivity contribution in [2.24, 2.45) is 0 Å². The summed E-state index contributed by atoms with van der Waals surface area (Å²) >= 11 is 0. The number of amides is 1. The van der Waals surface area contributed by atoms with E-state index in [4.69, 9.17) is 0 Å². The molecule has 0 aliphatic rings. The van der Waals surface area contributed by atoms with Gasteiger partial charge in [0.05, 0.1) is 0 Å². The summed E-state index contributed by atoms with van der Waals surface area (Å²) in [5, 5.41) is 1.15. The molecular weight excluding hydrogens is 390 g/mol. The number of aromatic nitrogens is 2. The van der Waals surface area contributed by atoms with Crippen molar-refractivity contribution >= 4 is 5.91 Å². The normalized spacial score (nSPS) is 12.9. The minimum absolute atomic E-state index is 0.143. The van der Waals surface area contributed by atoms with Gasteiger partial charge in [0.2, 0.25) is 5.91 Å². The Hall–Kier alpha value is -2.69. The Morgan fingerprint density at radius 1 is 0.929 bits per heavy atom. The third kappa shape index (κ3) is 4.58. The molecule has 0 unspecified atom stereocenters. The molecule has 152 valence electrons. The number of hydrogen-bond donors (Lipinski definition) is 2. The van der Waals surface area contributed by atoms with Crippen molar-refractivity contribution in [3.05, 3.63) is 60.2 Å². The molecule has 1 amide bonds. The zero-order chi connectivity index (χ0) is 21.0. The highest BCUT2D eigenvalue weighted by Crippen LogP contribution is 2.39. The number of carbonyl (C=O) groups is 1. The molecule has 11 heteroatoms. The Labute approximate surface area is 156 Å². The van der Waals surface area contributed by atoms with Crippen LogP contribution in [0.3, 0.4) is 0 Å². The standard InChI is InChI=1S/C17H16F6N4O/c1-12(28)26-15(16(18,19)20,17(21,22)23)27(10-13-4-2-6-24-8-13)11-14-5-3-7-25-9-14/h2-9H,10-11H2,1H3,(H,26,28)/p+1. The largest absolute Gasteiger partial charge is 0.475 e. The van der Waals surface area contributed by atoms with Crippen molar-refractivity contribution < 1.29 is 36.0 Å². The number of alkyl halides is 6. The minimum Gasteiger partial charge on any atom is -0.290 e. The summed E-state index contributed by atoms with van der Waals surface area (Å²) in [7, 11) is 0. The van der Waals surface area contributed by atoms with Crippen molar-refractivity contribution in [1.82, 2.24) is 15.3 Å². The zero-order valence-corrected chi connectivity index (χ0v) is 14.6. The van der Waals surface area contributed by atoms with Crippen LogP contribution in [0.4, 0.5) is 26.3 Å². The molecule has 28 heavy (non-hydrogen) atoms. The van der Waals surface area contributed by atoms with Gasteiger partial charge in [-0.05, 0) is 12.1 Å². The highest BCUT2D eigenvalue weighted by atomic mass is 19.4. The van der Waals surface area contributed by atoms with E-state index in [1.165, 1.54) is 49.1 Å². The van der Waals surface area contributed by atoms with Gasteiger partial charge in [-0.2, -0.15) is 26.3 Å². The summed E-state index contributed by atoms with van der Waals surface area (Å²) in [6.07, 6.45) is -6.60. The van der Waals surface area contributed by atoms with Gasteiger partial charge in [0.15, 0.2) is 0 Å². The second-order valence-electron chi connectivity index (χ2n) is 6.11. The fourth-order valence-corrected chi connectivity index (χ4v) is 2.88. The average molecular weight is 407 g/mol. The van der Waals surface area contributed by atoms with Gasteiger partial charge in [0.25, 0.3) is 0 Å². The van der Waals surface area contributed by atoms with Crippen molar-refractivity contribution in [2.75, 3.05) is 0 Å². The number of rotatable bonds is 6. The first-order chi connectivity index (χ1) is 13.0. The van der Waals surface area contributed by atoms with E-state index in [-0.39, 0.29) is 11.1 Å². The molecule has 0 saturated carbocycles. The Morgan fingerprint density at radius 2 is 1.36 bits per heavy atom. The predicted molar refractivity (Wildman–Crippen MR) is 85.5 cm³/mol. The molecule has 2 N–H and O–H groups in total. The monoisotopic (exact) mass is 407 g/mol. The number of nitrogens with one attached hydrogen (secondary N) is 2. The van der Waals surface area contributed by atoms with E-state index in [0.717, 1.165) is 5.32 Å². The molecule has 5 nitrogen and oxygen atoms in total. The number of pyridine rings is 2. The van der Waals surface area contributed by atoms with Crippen LogP contribution in [0.1, 0.15) is 18.1 Å². The van der Waals surface area contributed by atoms with Gasteiger partial charge >= 0.3 is 18.0 Å². The quantitative estimate of drug-likeness (QED) is 0.569. The topological polar surface area (TPSA) is 59.3 Å². The van der Waals surface area contributed by atoms with Gasteiger partial charge in [-0.3, -0.25) is 25.0 Å². The molecule has 0 aliphatic heterocycles. The molecule has 2 rings (SSSR count). The highest BCUT2D eigenvalue weighted by Gasteiger charge is 2.79. The SMILES string of the molecule is CC(=O)NC([NH+](Cc1cccnc1)Cc1cccnc1)(C(F)(F)F)C(F)(F)F. The van der Waals surface area contributed by atoms with Gasteiger partial charge in [-0.15, -0.1) is 0 Å². The molecule has 2 aromatic heterocycles. The average Bonchev–Trinajstić information content (AvgIpc) is 2.58. The van der Waals surface area contributed by atoms with Crippen LogP contribution < -0.4 is 10.2 Å². The molecule has 0 fully saturated rings. The maximum Gasteiger partial charge on any atom is 0.475 e. The molecule has 0 aromatic carbocycles. The molecule has 0 radical (unpaired) electrons. The Kier molecular flexibility index (Phi) is 6.27. The first kappa shape index (κ1) is 21.6. The van der Waals surface area contributed by atoms with Gasteiger partial charge in [-0.1, -0.05) is 12.1 Å². The van der Waals surface area contributed by atoms with Crippen LogP contribution in [-0.2, 0) is 17.9 Å². The lowest BCUT2D eigenvalue weighted by atomic mass is 10.0. The maximum absolute atomic E-state index is 13.9. The molecule has 0 saturated heterocycles. The molecule has 2 heterocycles. The van der Waals surface area contributed by atoms with Crippen molar-refractivity contribution in [2.45, 2.75) is 38.0 Å².